The van der Waals surface area contributed by atoms with Gasteiger partial charge in [0.25, 0.3) is 0 Å². The summed E-state index contributed by atoms with van der Waals surface area (Å²) in [5.41, 5.74) is 0. The number of hydrogen-bond acceptors (Lipinski definition) is 2. The average molecular weight is 169 g/mol. The molecule has 0 aromatic rings. The third-order valence-electron chi connectivity index (χ3n) is 0.627. The molecule has 1 aliphatic heterocycles. The minimum absolute atomic E-state index is 0. The maximum Gasteiger partial charge on any atom is 4.00 e. The van der Waals surface area contributed by atoms with Crippen LogP contribution in [0.15, 0.2) is 0 Å². The van der Waals surface area contributed by atoms with Crippen molar-refractivity contribution in [3.05, 3.63) is 0 Å². The van der Waals surface area contributed by atoms with E-state index in [1.807, 2.05) is 11.8 Å². The summed E-state index contributed by atoms with van der Waals surface area (Å²) in [4.78, 5) is 0. The van der Waals surface area contributed by atoms with Crippen LogP contribution in [0.4, 0.5) is 0 Å². The first-order valence-electron chi connectivity index (χ1n) is 1.78. The third kappa shape index (κ3) is 6.94. The van der Waals surface area contributed by atoms with Gasteiger partial charge in [-0.3, -0.25) is 0 Å². The first-order chi connectivity index (χ1) is 2.50. The Bertz CT molecular complexity index is 28.9. The van der Waals surface area contributed by atoms with E-state index in [-0.39, 0.29) is 32.7 Å². The van der Waals surface area contributed by atoms with Crippen LogP contribution in [0.5, 0.6) is 0 Å². The maximum atomic E-state index is 3.19. The average Bonchev–Trinajstić information content (AvgIpc) is 1.76. The molecule has 0 aliphatic carbocycles. The Morgan fingerprint density at radius 2 is 1.88 bits per heavy atom. The maximum absolute atomic E-state index is 3.19. The van der Waals surface area contributed by atoms with E-state index in [2.05, 4.69) is 5.32 Å². The van der Waals surface area contributed by atoms with Crippen LogP contribution in [0.3, 0.4) is 0 Å². The SMILES string of the molecule is C1CSCN1.[O-2].[O-2].[Ti+4]. The molecule has 3 nitrogen and oxygen atoms in total. The molecule has 0 atom stereocenters. The van der Waals surface area contributed by atoms with Gasteiger partial charge in [-0.1, -0.05) is 0 Å². The Morgan fingerprint density at radius 3 is 2.00 bits per heavy atom. The van der Waals surface area contributed by atoms with Gasteiger partial charge in [-0.25, -0.2) is 0 Å². The molecule has 0 bridgehead atoms. The predicted octanol–water partition coefficient (Wildman–Crippen LogP) is 0.0402. The molecule has 0 aromatic heterocycles. The standard InChI is InChI=1S/C3H7NS.2O.Ti/c1-2-5-3-4-1;;;/h4H,1-3H2;;;/q;2*-2;+4. The Hall–Kier alpha value is 0.944. The normalized spacial score (nSPS) is 15.0. The summed E-state index contributed by atoms with van der Waals surface area (Å²) in [6, 6.07) is 0. The molecule has 8 heavy (non-hydrogen) atoms. The van der Waals surface area contributed by atoms with Gasteiger partial charge in [0.2, 0.25) is 0 Å². The summed E-state index contributed by atoms with van der Waals surface area (Å²) >= 11 is 1.96. The van der Waals surface area contributed by atoms with Gasteiger partial charge in [0.15, 0.2) is 0 Å². The van der Waals surface area contributed by atoms with Crippen LogP contribution >= 0.6 is 11.8 Å². The molecule has 1 saturated heterocycles. The molecule has 1 N–H and O–H groups in total. The summed E-state index contributed by atoms with van der Waals surface area (Å²) in [7, 11) is 0. The molecule has 46 valence electrons. The van der Waals surface area contributed by atoms with Crippen LogP contribution < -0.4 is 5.32 Å². The molecular formula is C3H7NO2STi. The van der Waals surface area contributed by atoms with Crippen molar-refractivity contribution < 1.29 is 32.7 Å². The van der Waals surface area contributed by atoms with Crippen molar-refractivity contribution in [1.82, 2.24) is 5.32 Å². The fourth-order valence-electron chi connectivity index (χ4n) is 0.361. The Balaban J connectivity index is -0.0000000833. The minimum atomic E-state index is 0. The van der Waals surface area contributed by atoms with Crippen LogP contribution in [0.25, 0.3) is 0 Å². The fraction of sp³-hybridized carbons (Fsp3) is 1.00. The first-order valence-corrected chi connectivity index (χ1v) is 2.94. The summed E-state index contributed by atoms with van der Waals surface area (Å²) in [6.45, 7) is 1.21. The van der Waals surface area contributed by atoms with E-state index >= 15 is 0 Å². The van der Waals surface area contributed by atoms with Crippen LogP contribution in [-0.2, 0) is 32.7 Å². The van der Waals surface area contributed by atoms with E-state index in [4.69, 9.17) is 0 Å². The molecule has 1 fully saturated rings. The zero-order valence-electron chi connectivity index (χ0n) is 4.35. The minimum Gasteiger partial charge on any atom is -2.00 e. The number of rotatable bonds is 0. The van der Waals surface area contributed by atoms with E-state index in [1.54, 1.807) is 0 Å². The topological polar surface area (TPSA) is 69.0 Å². The molecule has 1 rings (SSSR count). The quantitative estimate of drug-likeness (QED) is 0.520. The van der Waals surface area contributed by atoms with Crippen LogP contribution in [0.1, 0.15) is 0 Å². The largest absolute Gasteiger partial charge is 4.00 e. The van der Waals surface area contributed by atoms with E-state index in [1.165, 1.54) is 18.2 Å². The molecule has 0 amide bonds. The molecule has 0 saturated carbocycles. The molecule has 0 aromatic carbocycles. The second kappa shape index (κ2) is 10.8. The molecule has 0 radical (unpaired) electrons. The van der Waals surface area contributed by atoms with Crippen molar-refractivity contribution in [2.75, 3.05) is 18.2 Å². The predicted molar refractivity (Wildman–Crippen MR) is 26.7 cm³/mol. The molecule has 0 spiro atoms. The second-order valence-electron chi connectivity index (χ2n) is 1.05. The van der Waals surface area contributed by atoms with E-state index in [0.29, 0.717) is 0 Å². The van der Waals surface area contributed by atoms with Gasteiger partial charge < -0.3 is 16.3 Å². The zero-order valence-corrected chi connectivity index (χ0v) is 6.72. The summed E-state index contributed by atoms with van der Waals surface area (Å²) < 4.78 is 0. The van der Waals surface area contributed by atoms with Gasteiger partial charge in [-0.15, -0.1) is 11.8 Å². The van der Waals surface area contributed by atoms with Gasteiger partial charge in [0.1, 0.15) is 0 Å². The van der Waals surface area contributed by atoms with Crippen LogP contribution in [0.2, 0.25) is 0 Å². The number of hydrogen-bond donors (Lipinski definition) is 1. The second-order valence-corrected chi connectivity index (χ2v) is 2.16. The Kier molecular flexibility index (Phi) is 21.7. The fourth-order valence-corrected chi connectivity index (χ4v) is 1.08. The van der Waals surface area contributed by atoms with E-state index in [0.717, 1.165) is 0 Å². The van der Waals surface area contributed by atoms with Crippen molar-refractivity contribution in [1.29, 1.82) is 0 Å². The first kappa shape index (κ1) is 16.0. The van der Waals surface area contributed by atoms with Crippen molar-refractivity contribution in [3.8, 4) is 0 Å². The number of nitrogens with one attached hydrogen (secondary N) is 1. The van der Waals surface area contributed by atoms with Gasteiger partial charge >= 0.3 is 21.7 Å². The zero-order chi connectivity index (χ0) is 3.54. The third-order valence-corrected chi connectivity index (χ3v) is 1.53. The molecule has 1 aliphatic rings. The molecular weight excluding hydrogens is 162 g/mol. The van der Waals surface area contributed by atoms with Gasteiger partial charge in [0, 0.05) is 18.2 Å². The monoisotopic (exact) mass is 169 g/mol. The molecule has 1 heterocycles. The van der Waals surface area contributed by atoms with Crippen LogP contribution in [0, 0.1) is 0 Å². The van der Waals surface area contributed by atoms with Crippen molar-refractivity contribution in [3.63, 3.8) is 0 Å². The van der Waals surface area contributed by atoms with Gasteiger partial charge in [-0.05, 0) is 0 Å². The van der Waals surface area contributed by atoms with Crippen molar-refractivity contribution in [2.24, 2.45) is 0 Å². The van der Waals surface area contributed by atoms with Gasteiger partial charge in [-0.2, -0.15) is 0 Å². The van der Waals surface area contributed by atoms with Crippen molar-refractivity contribution >= 4 is 11.8 Å². The van der Waals surface area contributed by atoms with Crippen LogP contribution in [-0.4, -0.2) is 18.2 Å². The molecule has 5 heteroatoms. The molecule has 0 unspecified atom stereocenters. The summed E-state index contributed by atoms with van der Waals surface area (Å²) in [5.74, 6) is 2.47. The Labute approximate surface area is 68.1 Å². The van der Waals surface area contributed by atoms with Crippen molar-refractivity contribution in [2.45, 2.75) is 0 Å². The smallest absolute Gasteiger partial charge is 2.00 e. The summed E-state index contributed by atoms with van der Waals surface area (Å²) in [6.07, 6.45) is 0. The van der Waals surface area contributed by atoms with E-state index < -0.39 is 0 Å². The van der Waals surface area contributed by atoms with E-state index in [9.17, 15) is 0 Å². The van der Waals surface area contributed by atoms with Gasteiger partial charge in [0.05, 0.1) is 0 Å². The Morgan fingerprint density at radius 1 is 1.25 bits per heavy atom. The summed E-state index contributed by atoms with van der Waals surface area (Å²) in [5, 5.41) is 3.19. The number of thioether (sulfide) groups is 1.